The number of halogens is 1. The van der Waals surface area contributed by atoms with Gasteiger partial charge in [-0.2, -0.15) is 0 Å². The Kier molecular flexibility index (Phi) is 3.16. The highest BCUT2D eigenvalue weighted by atomic mass is 35.5. The van der Waals surface area contributed by atoms with Gasteiger partial charge in [-0.3, -0.25) is 0 Å². The van der Waals surface area contributed by atoms with Gasteiger partial charge in [0.1, 0.15) is 11.4 Å². The molecule has 0 fully saturated rings. The first kappa shape index (κ1) is 12.7. The molecule has 0 saturated heterocycles. The molecule has 2 aromatic rings. The van der Waals surface area contributed by atoms with E-state index in [2.05, 4.69) is 10.3 Å². The van der Waals surface area contributed by atoms with E-state index in [1.165, 1.54) is 0 Å². The third-order valence-corrected chi connectivity index (χ3v) is 3.70. The number of rotatable bonds is 1. The first-order valence-electron chi connectivity index (χ1n) is 6.05. The molecule has 1 aliphatic rings. The summed E-state index contributed by atoms with van der Waals surface area (Å²) in [6.07, 6.45) is 0. The number of hydrogen-bond donors (Lipinski definition) is 2. The molecule has 0 atom stereocenters. The Bertz CT molecular complexity index is 669. The van der Waals surface area contributed by atoms with Crippen LogP contribution in [-0.4, -0.2) is 21.8 Å². The van der Waals surface area contributed by atoms with Crippen LogP contribution in [0.2, 0.25) is 5.02 Å². The van der Waals surface area contributed by atoms with Gasteiger partial charge in [0.2, 0.25) is 0 Å². The number of hydrogen-bond acceptors (Lipinski definition) is 4. The highest BCUT2D eigenvalue weighted by molar-refractivity contribution is 6.33. The Morgan fingerprint density at radius 1 is 0.800 bits per heavy atom. The predicted molar refractivity (Wildman–Crippen MR) is 77.3 cm³/mol. The van der Waals surface area contributed by atoms with Gasteiger partial charge in [-0.1, -0.05) is 58.3 Å². The van der Waals surface area contributed by atoms with Crippen molar-refractivity contribution in [3.63, 3.8) is 0 Å². The van der Waals surface area contributed by atoms with Crippen LogP contribution in [0, 0.1) is 0 Å². The monoisotopic (exact) mass is 286 g/mol. The largest absolute Gasteiger partial charge is 0.411 e. The molecule has 0 aliphatic heterocycles. The molecule has 0 heterocycles. The molecule has 0 radical (unpaired) electrons. The van der Waals surface area contributed by atoms with Gasteiger partial charge in [0, 0.05) is 16.1 Å². The summed E-state index contributed by atoms with van der Waals surface area (Å²) in [4.78, 5) is 0. The quantitative estimate of drug-likeness (QED) is 0.622. The van der Waals surface area contributed by atoms with Gasteiger partial charge in [0.05, 0.1) is 5.92 Å². The summed E-state index contributed by atoms with van der Waals surface area (Å²) in [5, 5.41) is 26.1. The highest BCUT2D eigenvalue weighted by Crippen LogP contribution is 2.35. The molecule has 2 aromatic carbocycles. The Morgan fingerprint density at radius 2 is 1.30 bits per heavy atom. The van der Waals surface area contributed by atoms with Gasteiger partial charge in [0.25, 0.3) is 0 Å². The fourth-order valence-electron chi connectivity index (χ4n) is 2.56. The van der Waals surface area contributed by atoms with E-state index >= 15 is 0 Å². The van der Waals surface area contributed by atoms with Crippen molar-refractivity contribution < 1.29 is 10.4 Å². The van der Waals surface area contributed by atoms with Crippen molar-refractivity contribution in [1.29, 1.82) is 0 Å². The lowest BCUT2D eigenvalue weighted by Crippen LogP contribution is -2.14. The molecular weight excluding hydrogens is 276 g/mol. The molecule has 100 valence electrons. The fraction of sp³-hybridized carbons (Fsp3) is 0.0667. The molecule has 0 saturated carbocycles. The minimum atomic E-state index is -0.403. The van der Waals surface area contributed by atoms with Crippen LogP contribution in [0.1, 0.15) is 22.6 Å². The number of oxime groups is 2. The lowest BCUT2D eigenvalue weighted by Gasteiger charge is -2.11. The van der Waals surface area contributed by atoms with Crippen LogP contribution in [0.4, 0.5) is 0 Å². The smallest absolute Gasteiger partial charge is 0.101 e. The van der Waals surface area contributed by atoms with E-state index in [1.54, 1.807) is 12.1 Å². The molecule has 0 spiro atoms. The molecule has 20 heavy (non-hydrogen) atoms. The standard InChI is InChI=1S/C15H11ClN2O2/c16-10-7-5-9(6-8-10)13-14(17-19)11-3-1-2-4-12(11)15(13)18-20/h1-8,13,19-20H/b17-14-,18-15-. The fourth-order valence-corrected chi connectivity index (χ4v) is 2.69. The Morgan fingerprint density at radius 3 is 1.75 bits per heavy atom. The molecular formula is C15H11ClN2O2. The minimum Gasteiger partial charge on any atom is -0.411 e. The molecule has 4 nitrogen and oxygen atoms in total. The van der Waals surface area contributed by atoms with E-state index in [4.69, 9.17) is 11.6 Å². The van der Waals surface area contributed by atoms with Gasteiger partial charge < -0.3 is 10.4 Å². The summed E-state index contributed by atoms with van der Waals surface area (Å²) in [5.74, 6) is -0.403. The predicted octanol–water partition coefficient (Wildman–Crippen LogP) is 3.49. The van der Waals surface area contributed by atoms with Gasteiger partial charge >= 0.3 is 0 Å². The van der Waals surface area contributed by atoms with Crippen molar-refractivity contribution >= 4 is 23.0 Å². The third kappa shape index (κ3) is 1.85. The summed E-state index contributed by atoms with van der Waals surface area (Å²) in [7, 11) is 0. The van der Waals surface area contributed by atoms with Crippen molar-refractivity contribution in [2.45, 2.75) is 5.92 Å². The topological polar surface area (TPSA) is 65.2 Å². The molecule has 5 heteroatoms. The summed E-state index contributed by atoms with van der Waals surface area (Å²) >= 11 is 5.89. The maximum atomic E-state index is 9.34. The van der Waals surface area contributed by atoms with Crippen LogP contribution in [0.25, 0.3) is 0 Å². The Hall–Kier alpha value is -2.33. The first-order valence-corrected chi connectivity index (χ1v) is 6.43. The number of benzene rings is 2. The van der Waals surface area contributed by atoms with Gasteiger partial charge in [0.15, 0.2) is 0 Å². The van der Waals surface area contributed by atoms with Gasteiger partial charge in [-0.05, 0) is 17.7 Å². The summed E-state index contributed by atoms with van der Waals surface area (Å²) in [6.45, 7) is 0. The average Bonchev–Trinajstić information content (AvgIpc) is 2.81. The van der Waals surface area contributed by atoms with Crippen LogP contribution >= 0.6 is 11.6 Å². The second-order valence-corrected chi connectivity index (χ2v) is 4.94. The molecule has 0 amide bonds. The van der Waals surface area contributed by atoms with E-state index in [9.17, 15) is 10.4 Å². The second-order valence-electron chi connectivity index (χ2n) is 4.50. The zero-order valence-corrected chi connectivity index (χ0v) is 11.1. The van der Waals surface area contributed by atoms with Crippen molar-refractivity contribution in [2.24, 2.45) is 10.3 Å². The van der Waals surface area contributed by atoms with E-state index in [0.29, 0.717) is 16.4 Å². The zero-order chi connectivity index (χ0) is 14.1. The van der Waals surface area contributed by atoms with Crippen LogP contribution < -0.4 is 0 Å². The maximum Gasteiger partial charge on any atom is 0.101 e. The van der Waals surface area contributed by atoms with Crippen LogP contribution in [0.3, 0.4) is 0 Å². The zero-order valence-electron chi connectivity index (χ0n) is 10.4. The van der Waals surface area contributed by atoms with Crippen molar-refractivity contribution in [2.75, 3.05) is 0 Å². The normalized spacial score (nSPS) is 18.6. The SMILES string of the molecule is O/N=C1/c2ccccc2/C(=N/O)C1c1ccc(Cl)cc1. The highest BCUT2D eigenvalue weighted by Gasteiger charge is 2.36. The first-order chi connectivity index (χ1) is 9.76. The summed E-state index contributed by atoms with van der Waals surface area (Å²) < 4.78 is 0. The Balaban J connectivity index is 2.19. The average molecular weight is 287 g/mol. The lowest BCUT2D eigenvalue weighted by molar-refractivity contribution is 0.315. The van der Waals surface area contributed by atoms with Crippen LogP contribution in [0.5, 0.6) is 0 Å². The number of nitrogens with zero attached hydrogens (tertiary/aromatic N) is 2. The van der Waals surface area contributed by atoms with Gasteiger partial charge in [-0.15, -0.1) is 0 Å². The third-order valence-electron chi connectivity index (χ3n) is 3.44. The van der Waals surface area contributed by atoms with Crippen LogP contribution in [0.15, 0.2) is 58.8 Å². The maximum absolute atomic E-state index is 9.34. The van der Waals surface area contributed by atoms with E-state index in [1.807, 2.05) is 36.4 Å². The molecule has 0 unspecified atom stereocenters. The van der Waals surface area contributed by atoms with E-state index in [0.717, 1.165) is 16.7 Å². The van der Waals surface area contributed by atoms with E-state index < -0.39 is 5.92 Å². The molecule has 3 rings (SSSR count). The minimum absolute atomic E-state index is 0.403. The summed E-state index contributed by atoms with van der Waals surface area (Å²) in [6, 6.07) is 14.5. The molecule has 0 aromatic heterocycles. The molecule has 2 N–H and O–H groups in total. The van der Waals surface area contributed by atoms with Gasteiger partial charge in [-0.25, -0.2) is 0 Å². The van der Waals surface area contributed by atoms with Crippen molar-refractivity contribution in [3.8, 4) is 0 Å². The Labute approximate surface area is 120 Å². The summed E-state index contributed by atoms with van der Waals surface area (Å²) in [5.41, 5.74) is 3.32. The van der Waals surface area contributed by atoms with Crippen molar-refractivity contribution in [3.05, 3.63) is 70.2 Å². The lowest BCUT2D eigenvalue weighted by atomic mass is 9.93. The number of fused-ring (bicyclic) bond motifs is 1. The van der Waals surface area contributed by atoms with E-state index in [-0.39, 0.29) is 0 Å². The molecule has 1 aliphatic carbocycles. The van der Waals surface area contributed by atoms with Crippen molar-refractivity contribution in [1.82, 2.24) is 0 Å². The van der Waals surface area contributed by atoms with Crippen LogP contribution in [-0.2, 0) is 0 Å². The molecule has 0 bridgehead atoms. The second kappa shape index (κ2) is 4.98.